The van der Waals surface area contributed by atoms with Gasteiger partial charge in [-0.3, -0.25) is 4.99 Å². The van der Waals surface area contributed by atoms with Gasteiger partial charge >= 0.3 is 0 Å². The lowest BCUT2D eigenvalue weighted by Crippen LogP contribution is -2.67. The molecule has 7 nitrogen and oxygen atoms in total. The molecule has 0 radical (unpaired) electrons. The Balaban J connectivity index is 0.00000264. The molecule has 5 atom stereocenters. The summed E-state index contributed by atoms with van der Waals surface area (Å²) in [5.74, 6) is 0.496. The molecule has 8 heteroatoms. The second-order valence-corrected chi connectivity index (χ2v) is 6.22. The molecule has 0 aromatic heterocycles. The molecule has 2 heterocycles. The van der Waals surface area contributed by atoms with Gasteiger partial charge in [0.1, 0.15) is 18.3 Å². The van der Waals surface area contributed by atoms with Crippen LogP contribution >= 0.6 is 12.4 Å². The van der Waals surface area contributed by atoms with Crippen molar-refractivity contribution < 1.29 is 20.4 Å². The highest BCUT2D eigenvalue weighted by molar-refractivity contribution is 5.85. The molecule has 0 spiro atoms. The van der Waals surface area contributed by atoms with Gasteiger partial charge in [0.2, 0.25) is 0 Å². The van der Waals surface area contributed by atoms with Crippen LogP contribution in [-0.4, -0.2) is 75.0 Å². The molecule has 1 saturated heterocycles. The van der Waals surface area contributed by atoms with Gasteiger partial charge in [0.25, 0.3) is 0 Å². The van der Waals surface area contributed by atoms with E-state index >= 15 is 0 Å². The highest BCUT2D eigenvalue weighted by Gasteiger charge is 2.50. The van der Waals surface area contributed by atoms with Crippen LogP contribution in [0.15, 0.2) is 4.99 Å². The molecular formula is C15H30ClN3O4. The topological polar surface area (TPSA) is 109 Å². The summed E-state index contributed by atoms with van der Waals surface area (Å²) >= 11 is 0. The van der Waals surface area contributed by atoms with Crippen LogP contribution in [0.3, 0.4) is 0 Å². The predicted molar refractivity (Wildman–Crippen MR) is 90.6 cm³/mol. The molecule has 1 fully saturated rings. The average molecular weight is 352 g/mol. The monoisotopic (exact) mass is 351 g/mol. The minimum absolute atomic E-state index is 0. The summed E-state index contributed by atoms with van der Waals surface area (Å²) in [6.45, 7) is 3.25. The van der Waals surface area contributed by atoms with Gasteiger partial charge < -0.3 is 30.6 Å². The van der Waals surface area contributed by atoms with Crippen molar-refractivity contribution in [3.8, 4) is 0 Å². The van der Waals surface area contributed by atoms with Crippen molar-refractivity contribution in [1.82, 2.24) is 10.2 Å². The Morgan fingerprint density at radius 2 is 1.65 bits per heavy atom. The maximum atomic E-state index is 10.1. The van der Waals surface area contributed by atoms with Gasteiger partial charge in [-0.1, -0.05) is 39.0 Å². The van der Waals surface area contributed by atoms with E-state index in [1.54, 1.807) is 0 Å². The van der Waals surface area contributed by atoms with E-state index in [0.717, 1.165) is 19.4 Å². The minimum atomic E-state index is -1.40. The summed E-state index contributed by atoms with van der Waals surface area (Å²) in [4.78, 5) is 5.77. The van der Waals surface area contributed by atoms with E-state index in [1.807, 2.05) is 0 Å². The lowest BCUT2D eigenvalue weighted by molar-refractivity contribution is -0.192. The number of unbranched alkanes of at least 4 members (excludes halogenated alkanes) is 5. The summed E-state index contributed by atoms with van der Waals surface area (Å²) < 4.78 is 0. The number of rotatable bonds is 7. The lowest BCUT2D eigenvalue weighted by atomic mass is 9.93. The molecule has 0 aromatic carbocycles. The zero-order valence-corrected chi connectivity index (χ0v) is 14.5. The van der Waals surface area contributed by atoms with Crippen LogP contribution in [-0.2, 0) is 0 Å². The molecule has 0 bridgehead atoms. The van der Waals surface area contributed by atoms with E-state index in [4.69, 9.17) is 0 Å². The highest BCUT2D eigenvalue weighted by atomic mass is 35.5. The fourth-order valence-corrected chi connectivity index (χ4v) is 3.12. The van der Waals surface area contributed by atoms with E-state index in [1.165, 1.54) is 30.6 Å². The van der Waals surface area contributed by atoms with Crippen molar-refractivity contribution in [2.75, 3.05) is 13.1 Å². The molecule has 2 rings (SSSR count). The Morgan fingerprint density at radius 1 is 1.00 bits per heavy atom. The van der Waals surface area contributed by atoms with Crippen molar-refractivity contribution in [3.05, 3.63) is 0 Å². The lowest BCUT2D eigenvalue weighted by Gasteiger charge is -2.44. The quantitative estimate of drug-likeness (QED) is 0.407. The van der Waals surface area contributed by atoms with E-state index in [-0.39, 0.29) is 12.4 Å². The maximum absolute atomic E-state index is 10.1. The summed E-state index contributed by atoms with van der Waals surface area (Å²) in [6.07, 6.45) is 2.06. The van der Waals surface area contributed by atoms with Gasteiger partial charge in [0, 0.05) is 6.54 Å². The number of guanidine groups is 1. The second kappa shape index (κ2) is 9.64. The number of aliphatic hydroxyl groups is 4. The number of hydrogen-bond acceptors (Lipinski definition) is 7. The number of fused-ring (bicyclic) bond motifs is 1. The van der Waals surface area contributed by atoms with Gasteiger partial charge in [0.15, 0.2) is 12.2 Å². The Kier molecular flexibility index (Phi) is 8.57. The van der Waals surface area contributed by atoms with Crippen LogP contribution < -0.4 is 5.32 Å². The van der Waals surface area contributed by atoms with Crippen LogP contribution in [0.1, 0.15) is 45.4 Å². The number of aliphatic imine (C=N–C) groups is 1. The van der Waals surface area contributed by atoms with Crippen LogP contribution in [0.4, 0.5) is 0 Å². The van der Waals surface area contributed by atoms with Crippen molar-refractivity contribution in [2.24, 2.45) is 4.99 Å². The van der Waals surface area contributed by atoms with E-state index in [0.29, 0.717) is 12.5 Å². The molecule has 0 aromatic rings. The Bertz CT molecular complexity index is 386. The largest absolute Gasteiger partial charge is 0.388 e. The van der Waals surface area contributed by atoms with Crippen LogP contribution in [0, 0.1) is 0 Å². The number of halogens is 1. The standard InChI is InChI=1S/C15H29N3O4.ClH/c1-2-3-4-5-6-7-8-16-15-17-9-10-11(19)12(20)13(21)14(22)18(10)15;/h10-14,19-22H,2-9H2,1H3,(H,16,17);1H/t10-,11+,12+,13-,14-;/m1./s1. The third kappa shape index (κ3) is 4.70. The van der Waals surface area contributed by atoms with Crippen molar-refractivity contribution in [3.63, 3.8) is 0 Å². The van der Waals surface area contributed by atoms with Gasteiger partial charge in [-0.25, -0.2) is 0 Å². The van der Waals surface area contributed by atoms with Crippen LogP contribution in [0.5, 0.6) is 0 Å². The first kappa shape index (κ1) is 20.4. The second-order valence-electron chi connectivity index (χ2n) is 6.22. The fraction of sp³-hybridized carbons (Fsp3) is 0.933. The fourth-order valence-electron chi connectivity index (χ4n) is 3.12. The molecule has 2 aliphatic heterocycles. The average Bonchev–Trinajstić information content (AvgIpc) is 2.94. The first-order chi connectivity index (χ1) is 10.6. The van der Waals surface area contributed by atoms with Crippen molar-refractivity contribution >= 4 is 18.4 Å². The first-order valence-electron chi connectivity index (χ1n) is 8.36. The van der Waals surface area contributed by atoms with Gasteiger partial charge in [0.05, 0.1) is 12.6 Å². The summed E-state index contributed by atoms with van der Waals surface area (Å²) in [7, 11) is 0. The minimum Gasteiger partial charge on any atom is -0.388 e. The zero-order valence-electron chi connectivity index (χ0n) is 13.6. The summed E-state index contributed by atoms with van der Waals surface area (Å²) in [5, 5.41) is 42.7. The molecule has 136 valence electrons. The number of piperidine rings is 1. The third-order valence-electron chi connectivity index (χ3n) is 4.53. The molecule has 2 aliphatic rings. The Hall–Kier alpha value is -0.600. The van der Waals surface area contributed by atoms with Crippen molar-refractivity contribution in [2.45, 2.75) is 76.0 Å². The summed E-state index contributed by atoms with van der Waals surface area (Å²) in [6, 6.07) is -0.486. The van der Waals surface area contributed by atoms with Crippen LogP contribution in [0.2, 0.25) is 0 Å². The Morgan fingerprint density at radius 3 is 2.35 bits per heavy atom. The maximum Gasteiger partial charge on any atom is 0.196 e. The molecule has 23 heavy (non-hydrogen) atoms. The SMILES string of the molecule is CCCCCCCCNC1=NC[C@@H]2[C@H](O)[C@H](O)[C@@H](O)[C@@H](O)N12.Cl. The molecule has 0 aliphatic carbocycles. The van der Waals surface area contributed by atoms with Gasteiger partial charge in [-0.15, -0.1) is 12.4 Å². The Labute approximate surface area is 143 Å². The number of aliphatic hydroxyl groups excluding tert-OH is 4. The zero-order chi connectivity index (χ0) is 16.1. The predicted octanol–water partition coefficient (Wildman–Crippen LogP) is -0.187. The van der Waals surface area contributed by atoms with E-state index < -0.39 is 30.6 Å². The highest BCUT2D eigenvalue weighted by Crippen LogP contribution is 2.27. The van der Waals surface area contributed by atoms with Crippen LogP contribution in [0.25, 0.3) is 0 Å². The molecule has 5 N–H and O–H groups in total. The van der Waals surface area contributed by atoms with Gasteiger partial charge in [-0.2, -0.15) is 0 Å². The smallest absolute Gasteiger partial charge is 0.196 e. The number of nitrogens with one attached hydrogen (secondary N) is 1. The first-order valence-corrected chi connectivity index (χ1v) is 8.36. The summed E-state index contributed by atoms with van der Waals surface area (Å²) in [5.41, 5.74) is 0. The molecule has 0 saturated carbocycles. The molecular weight excluding hydrogens is 322 g/mol. The third-order valence-corrected chi connectivity index (χ3v) is 4.53. The van der Waals surface area contributed by atoms with E-state index in [2.05, 4.69) is 17.2 Å². The number of nitrogens with zero attached hydrogens (tertiary/aromatic N) is 2. The molecule has 0 unspecified atom stereocenters. The van der Waals surface area contributed by atoms with Crippen molar-refractivity contribution in [1.29, 1.82) is 0 Å². The molecule has 0 amide bonds. The normalized spacial score (nSPS) is 33.0. The number of hydrogen-bond donors (Lipinski definition) is 5. The van der Waals surface area contributed by atoms with Gasteiger partial charge in [-0.05, 0) is 6.42 Å². The van der Waals surface area contributed by atoms with E-state index in [9.17, 15) is 20.4 Å².